The highest BCUT2D eigenvalue weighted by atomic mass is 16.5. The van der Waals surface area contributed by atoms with Gasteiger partial charge in [0.15, 0.2) is 0 Å². The van der Waals surface area contributed by atoms with Crippen molar-refractivity contribution in [2.24, 2.45) is 5.92 Å². The SMILES string of the molecule is CCCCCc1cc(O)cc2c1[C@@H]1CC(C)=CC[C@H]1C(C)(C)O2. The molecule has 1 aromatic rings. The van der Waals surface area contributed by atoms with E-state index in [1.807, 2.05) is 12.1 Å². The van der Waals surface area contributed by atoms with Crippen molar-refractivity contribution in [2.75, 3.05) is 0 Å². The van der Waals surface area contributed by atoms with E-state index in [1.165, 1.54) is 36.0 Å². The zero-order valence-corrected chi connectivity index (χ0v) is 15.0. The lowest BCUT2D eigenvalue weighted by Gasteiger charge is -2.47. The Morgan fingerprint density at radius 1 is 1.26 bits per heavy atom. The number of hydrogen-bond donors (Lipinski definition) is 1. The minimum Gasteiger partial charge on any atom is -0.508 e. The molecule has 0 aromatic heterocycles. The van der Waals surface area contributed by atoms with E-state index in [9.17, 15) is 5.11 Å². The monoisotopic (exact) mass is 314 g/mol. The van der Waals surface area contributed by atoms with Gasteiger partial charge in [-0.2, -0.15) is 0 Å². The van der Waals surface area contributed by atoms with Crippen molar-refractivity contribution < 1.29 is 9.84 Å². The molecule has 1 aromatic carbocycles. The van der Waals surface area contributed by atoms with Crippen LogP contribution < -0.4 is 4.74 Å². The highest BCUT2D eigenvalue weighted by molar-refractivity contribution is 5.51. The number of aryl methyl sites for hydroxylation is 1. The second kappa shape index (κ2) is 6.22. The van der Waals surface area contributed by atoms with E-state index in [1.54, 1.807) is 0 Å². The van der Waals surface area contributed by atoms with Gasteiger partial charge < -0.3 is 9.84 Å². The number of aromatic hydroxyl groups is 1. The van der Waals surface area contributed by atoms with Crippen LogP contribution in [0.25, 0.3) is 0 Å². The van der Waals surface area contributed by atoms with Gasteiger partial charge in [-0.25, -0.2) is 0 Å². The van der Waals surface area contributed by atoms with Gasteiger partial charge in [0.25, 0.3) is 0 Å². The van der Waals surface area contributed by atoms with Crippen molar-refractivity contribution in [1.29, 1.82) is 0 Å². The Morgan fingerprint density at radius 2 is 2.04 bits per heavy atom. The number of rotatable bonds is 4. The summed E-state index contributed by atoms with van der Waals surface area (Å²) < 4.78 is 6.36. The molecule has 126 valence electrons. The fourth-order valence-corrected chi connectivity index (χ4v) is 4.44. The van der Waals surface area contributed by atoms with Crippen molar-refractivity contribution in [1.82, 2.24) is 0 Å². The molecule has 2 aliphatic rings. The maximum atomic E-state index is 10.2. The summed E-state index contributed by atoms with van der Waals surface area (Å²) in [5.74, 6) is 2.30. The van der Waals surface area contributed by atoms with Gasteiger partial charge >= 0.3 is 0 Å². The lowest BCUT2D eigenvalue weighted by atomic mass is 9.66. The average Bonchev–Trinajstić information content (AvgIpc) is 2.45. The summed E-state index contributed by atoms with van der Waals surface area (Å²) in [5, 5.41) is 10.2. The molecule has 0 fully saturated rings. The van der Waals surface area contributed by atoms with E-state index in [0.29, 0.717) is 17.6 Å². The number of phenolic OH excluding ortho intramolecular Hbond substituents is 1. The molecule has 2 nitrogen and oxygen atoms in total. The van der Waals surface area contributed by atoms with Gasteiger partial charge in [0.05, 0.1) is 0 Å². The van der Waals surface area contributed by atoms with Crippen LogP contribution in [0, 0.1) is 5.92 Å². The summed E-state index contributed by atoms with van der Waals surface area (Å²) in [6.45, 7) is 8.87. The molecule has 23 heavy (non-hydrogen) atoms. The smallest absolute Gasteiger partial charge is 0.127 e. The maximum Gasteiger partial charge on any atom is 0.127 e. The summed E-state index contributed by atoms with van der Waals surface area (Å²) in [4.78, 5) is 0. The third-order valence-corrected chi connectivity index (χ3v) is 5.65. The first-order valence-electron chi connectivity index (χ1n) is 9.12. The fraction of sp³-hybridized carbons (Fsp3) is 0.619. The van der Waals surface area contributed by atoms with Crippen LogP contribution in [0.2, 0.25) is 0 Å². The van der Waals surface area contributed by atoms with E-state index in [4.69, 9.17) is 4.74 Å². The zero-order valence-electron chi connectivity index (χ0n) is 15.0. The molecule has 0 spiro atoms. The molecule has 0 amide bonds. The Bertz CT molecular complexity index is 613. The maximum absolute atomic E-state index is 10.2. The first-order valence-corrected chi connectivity index (χ1v) is 9.12. The minimum atomic E-state index is -0.177. The quantitative estimate of drug-likeness (QED) is 0.567. The molecule has 1 aliphatic heterocycles. The molecule has 0 unspecified atom stereocenters. The summed E-state index contributed by atoms with van der Waals surface area (Å²) in [5.41, 5.74) is 3.98. The van der Waals surface area contributed by atoms with Gasteiger partial charge in [0.2, 0.25) is 0 Å². The highest BCUT2D eigenvalue weighted by Crippen LogP contribution is 2.53. The molecule has 0 bridgehead atoms. The third-order valence-electron chi connectivity index (χ3n) is 5.65. The van der Waals surface area contributed by atoms with Crippen LogP contribution in [0.5, 0.6) is 11.5 Å². The van der Waals surface area contributed by atoms with E-state index < -0.39 is 0 Å². The standard InChI is InChI=1S/C21H30O2/c1-5-6-7-8-15-12-16(22)13-19-20(15)17-11-14(2)9-10-18(17)21(3,4)23-19/h9,12-13,17-18,22H,5-8,10-11H2,1-4H3/t17-,18-/m1/s1. The molecule has 2 heteroatoms. The number of allylic oxidation sites excluding steroid dienone is 2. The van der Waals surface area contributed by atoms with Crippen molar-refractivity contribution in [3.05, 3.63) is 34.9 Å². The van der Waals surface area contributed by atoms with Crippen molar-refractivity contribution in [3.63, 3.8) is 0 Å². The number of unbranched alkanes of at least 4 members (excludes halogenated alkanes) is 2. The van der Waals surface area contributed by atoms with E-state index in [2.05, 4.69) is 33.8 Å². The average molecular weight is 314 g/mol. The largest absolute Gasteiger partial charge is 0.508 e. The third kappa shape index (κ3) is 3.13. The van der Waals surface area contributed by atoms with Crippen molar-refractivity contribution in [2.45, 2.75) is 77.7 Å². The van der Waals surface area contributed by atoms with Gasteiger partial charge in [-0.3, -0.25) is 0 Å². The van der Waals surface area contributed by atoms with Crippen LogP contribution in [0.3, 0.4) is 0 Å². The summed E-state index contributed by atoms with van der Waals surface area (Å²) >= 11 is 0. The van der Waals surface area contributed by atoms with Crippen molar-refractivity contribution >= 4 is 0 Å². The van der Waals surface area contributed by atoms with Crippen LogP contribution in [-0.2, 0) is 6.42 Å². The van der Waals surface area contributed by atoms with Gasteiger partial charge in [0.1, 0.15) is 17.1 Å². The Labute approximate surface area is 140 Å². The number of fused-ring (bicyclic) bond motifs is 3. The number of ether oxygens (including phenoxy) is 1. The Kier molecular flexibility index (Phi) is 4.44. The second-order valence-electron chi connectivity index (χ2n) is 7.88. The molecule has 1 aliphatic carbocycles. The number of hydrogen-bond acceptors (Lipinski definition) is 2. The van der Waals surface area contributed by atoms with Gasteiger partial charge in [-0.1, -0.05) is 31.4 Å². The first-order chi connectivity index (χ1) is 10.9. The predicted molar refractivity (Wildman–Crippen MR) is 95.3 cm³/mol. The van der Waals surface area contributed by atoms with Crippen LogP contribution in [0.1, 0.15) is 76.8 Å². The number of phenols is 1. The molecule has 0 saturated heterocycles. The number of benzene rings is 1. The Hall–Kier alpha value is -1.44. The van der Waals surface area contributed by atoms with Crippen LogP contribution in [-0.4, -0.2) is 10.7 Å². The molecule has 1 N–H and O–H groups in total. The van der Waals surface area contributed by atoms with Gasteiger partial charge in [-0.15, -0.1) is 0 Å². The van der Waals surface area contributed by atoms with E-state index in [0.717, 1.165) is 25.0 Å². The summed E-state index contributed by atoms with van der Waals surface area (Å²) in [6.07, 6.45) is 9.28. The zero-order chi connectivity index (χ0) is 16.6. The Balaban J connectivity index is 2.04. The fourth-order valence-electron chi connectivity index (χ4n) is 4.44. The molecule has 0 saturated carbocycles. The predicted octanol–water partition coefficient (Wildman–Crippen LogP) is 5.74. The van der Waals surface area contributed by atoms with Crippen LogP contribution in [0.4, 0.5) is 0 Å². The molecule has 0 radical (unpaired) electrons. The van der Waals surface area contributed by atoms with Crippen LogP contribution >= 0.6 is 0 Å². The molecular weight excluding hydrogens is 284 g/mol. The van der Waals surface area contributed by atoms with Gasteiger partial charge in [0, 0.05) is 17.5 Å². The molecular formula is C21H30O2. The summed E-state index contributed by atoms with van der Waals surface area (Å²) in [7, 11) is 0. The Morgan fingerprint density at radius 3 is 2.78 bits per heavy atom. The summed E-state index contributed by atoms with van der Waals surface area (Å²) in [6, 6.07) is 3.80. The molecule has 2 atom stereocenters. The van der Waals surface area contributed by atoms with Gasteiger partial charge in [-0.05, 0) is 64.0 Å². The van der Waals surface area contributed by atoms with Crippen molar-refractivity contribution in [3.8, 4) is 11.5 Å². The normalized spacial score (nSPS) is 25.1. The topological polar surface area (TPSA) is 29.5 Å². The lowest BCUT2D eigenvalue weighted by molar-refractivity contribution is 0.00796. The lowest BCUT2D eigenvalue weighted by Crippen LogP contribution is -2.45. The van der Waals surface area contributed by atoms with Crippen LogP contribution in [0.15, 0.2) is 23.8 Å². The molecule has 3 rings (SSSR count). The van der Waals surface area contributed by atoms with E-state index >= 15 is 0 Å². The molecule has 1 heterocycles. The second-order valence-corrected chi connectivity index (χ2v) is 7.88. The first kappa shape index (κ1) is 16.4. The van der Waals surface area contributed by atoms with E-state index in [-0.39, 0.29) is 5.60 Å². The minimum absolute atomic E-state index is 0.177. The highest BCUT2D eigenvalue weighted by Gasteiger charge is 2.45.